The van der Waals surface area contributed by atoms with Crippen LogP contribution in [0.3, 0.4) is 0 Å². The van der Waals surface area contributed by atoms with Crippen LogP contribution in [-0.4, -0.2) is 62.6 Å². The van der Waals surface area contributed by atoms with Crippen molar-refractivity contribution in [3.63, 3.8) is 0 Å². The predicted octanol–water partition coefficient (Wildman–Crippen LogP) is 3.55. The van der Waals surface area contributed by atoms with Gasteiger partial charge in [-0.1, -0.05) is 6.58 Å². The Morgan fingerprint density at radius 1 is 1.21 bits per heavy atom. The molecule has 176 valence electrons. The summed E-state index contributed by atoms with van der Waals surface area (Å²) in [6.45, 7) is 10.5. The number of amidine groups is 1. The van der Waals surface area contributed by atoms with E-state index in [1.54, 1.807) is 6.20 Å². The lowest BCUT2D eigenvalue weighted by Gasteiger charge is -2.35. The summed E-state index contributed by atoms with van der Waals surface area (Å²) in [6.07, 6.45) is 9.31. The Labute approximate surface area is 199 Å². The first-order chi connectivity index (χ1) is 16.5. The third-order valence-corrected chi connectivity index (χ3v) is 6.49. The Morgan fingerprint density at radius 3 is 2.68 bits per heavy atom. The minimum atomic E-state index is -0.0394. The number of hydrogen-bond donors (Lipinski definition) is 2. The zero-order valence-electron chi connectivity index (χ0n) is 19.6. The van der Waals surface area contributed by atoms with Crippen molar-refractivity contribution in [1.82, 2.24) is 25.0 Å². The van der Waals surface area contributed by atoms with E-state index in [9.17, 15) is 0 Å². The average Bonchev–Trinajstić information content (AvgIpc) is 3.41. The minimum Gasteiger partial charge on any atom is -0.488 e. The molecule has 2 aromatic heterocycles. The van der Waals surface area contributed by atoms with Crippen molar-refractivity contribution < 1.29 is 4.74 Å². The number of aromatic nitrogens is 3. The first-order valence-corrected chi connectivity index (χ1v) is 11.7. The largest absolute Gasteiger partial charge is 0.488 e. The topological polar surface area (TPSA) is 95.7 Å². The molecule has 1 aromatic carbocycles. The molecule has 34 heavy (non-hydrogen) atoms. The van der Waals surface area contributed by atoms with E-state index < -0.39 is 0 Å². The monoisotopic (exact) mass is 457 g/mol. The summed E-state index contributed by atoms with van der Waals surface area (Å²) < 4.78 is 6.14. The molecule has 3 aromatic rings. The number of aliphatic imine (C=N–C) groups is 1. The summed E-state index contributed by atoms with van der Waals surface area (Å²) in [5.74, 6) is 1.64. The number of piperazine rings is 1. The highest BCUT2D eigenvalue weighted by atomic mass is 16.5. The van der Waals surface area contributed by atoms with Crippen molar-refractivity contribution in [3.8, 4) is 5.75 Å². The molecule has 8 heteroatoms. The lowest BCUT2D eigenvalue weighted by atomic mass is 10.1. The van der Waals surface area contributed by atoms with E-state index in [0.29, 0.717) is 11.4 Å². The minimum absolute atomic E-state index is 0.0394. The van der Waals surface area contributed by atoms with Crippen molar-refractivity contribution in [2.24, 2.45) is 10.7 Å². The van der Waals surface area contributed by atoms with Gasteiger partial charge in [-0.25, -0.2) is 4.99 Å². The van der Waals surface area contributed by atoms with Gasteiger partial charge < -0.3 is 15.4 Å². The van der Waals surface area contributed by atoms with Crippen LogP contribution >= 0.6 is 0 Å². The molecular formula is C26H31N7O. The van der Waals surface area contributed by atoms with Crippen molar-refractivity contribution in [3.05, 3.63) is 72.8 Å². The number of hydrogen-bond acceptors (Lipinski definition) is 6. The smallest absolute Gasteiger partial charge is 0.130 e. The summed E-state index contributed by atoms with van der Waals surface area (Å²) in [5.41, 5.74) is 9.96. The second kappa shape index (κ2) is 9.30. The van der Waals surface area contributed by atoms with Gasteiger partial charge in [0.1, 0.15) is 22.9 Å². The molecule has 1 aliphatic heterocycles. The zero-order chi connectivity index (χ0) is 23.5. The average molecular weight is 458 g/mol. The van der Waals surface area contributed by atoms with E-state index in [4.69, 9.17) is 10.5 Å². The highest BCUT2D eigenvalue weighted by Gasteiger charge is 2.40. The molecule has 3 heterocycles. The predicted molar refractivity (Wildman–Crippen MR) is 135 cm³/mol. The maximum atomic E-state index is 6.54. The fourth-order valence-corrected chi connectivity index (χ4v) is 4.23. The summed E-state index contributed by atoms with van der Waals surface area (Å²) in [4.78, 5) is 13.3. The van der Waals surface area contributed by atoms with E-state index in [2.05, 4.69) is 55.6 Å². The van der Waals surface area contributed by atoms with Gasteiger partial charge in [-0.05, 0) is 55.7 Å². The van der Waals surface area contributed by atoms with E-state index in [0.717, 1.165) is 68.1 Å². The Balaban J connectivity index is 1.31. The fourth-order valence-electron chi connectivity index (χ4n) is 4.23. The summed E-state index contributed by atoms with van der Waals surface area (Å²) in [7, 11) is 0. The van der Waals surface area contributed by atoms with E-state index in [1.807, 2.05) is 36.7 Å². The van der Waals surface area contributed by atoms with Crippen molar-refractivity contribution in [2.45, 2.75) is 31.9 Å². The molecule has 2 fully saturated rings. The van der Waals surface area contributed by atoms with Crippen LogP contribution in [0.5, 0.6) is 5.75 Å². The van der Waals surface area contributed by atoms with Gasteiger partial charge in [0.25, 0.3) is 0 Å². The van der Waals surface area contributed by atoms with Crippen LogP contribution in [0.15, 0.2) is 66.6 Å². The van der Waals surface area contributed by atoms with Crippen LogP contribution in [0.2, 0.25) is 0 Å². The molecule has 0 radical (unpaired) electrons. The molecule has 0 spiro atoms. The van der Waals surface area contributed by atoms with E-state index >= 15 is 0 Å². The van der Waals surface area contributed by atoms with Gasteiger partial charge in [0.2, 0.25) is 0 Å². The van der Waals surface area contributed by atoms with Gasteiger partial charge in [-0.15, -0.1) is 0 Å². The molecule has 0 unspecified atom stereocenters. The third-order valence-electron chi connectivity index (χ3n) is 6.49. The van der Waals surface area contributed by atoms with Gasteiger partial charge in [0.15, 0.2) is 0 Å². The SMILES string of the molecule is C=CN=C(/C=C(\N)c1n[nH]c2ccc(OC3(C)CC3)cc12)N1CCN(Cc2ccncc2)CC1. The number of pyridine rings is 1. The molecule has 1 aliphatic carbocycles. The van der Waals surface area contributed by atoms with Gasteiger partial charge in [0, 0.05) is 62.8 Å². The van der Waals surface area contributed by atoms with E-state index in [-0.39, 0.29) is 5.60 Å². The number of aromatic amines is 1. The molecule has 5 rings (SSSR count). The Hall–Kier alpha value is -3.65. The van der Waals surface area contributed by atoms with Crippen LogP contribution in [0, 0.1) is 0 Å². The number of rotatable bonds is 7. The first-order valence-electron chi connectivity index (χ1n) is 11.7. The van der Waals surface area contributed by atoms with Gasteiger partial charge in [0.05, 0.1) is 11.2 Å². The molecule has 0 atom stereocenters. The first kappa shape index (κ1) is 22.2. The quantitative estimate of drug-likeness (QED) is 0.416. The maximum absolute atomic E-state index is 6.54. The highest BCUT2D eigenvalue weighted by molar-refractivity contribution is 6.02. The van der Waals surface area contributed by atoms with Crippen molar-refractivity contribution in [2.75, 3.05) is 26.2 Å². The number of nitrogens with two attached hydrogens (primary N) is 1. The molecular weight excluding hydrogens is 426 g/mol. The highest BCUT2D eigenvalue weighted by Crippen LogP contribution is 2.40. The molecule has 1 saturated heterocycles. The number of benzene rings is 1. The molecule has 3 N–H and O–H groups in total. The number of nitrogens with one attached hydrogen (secondary N) is 1. The molecule has 0 amide bonds. The molecule has 0 bridgehead atoms. The number of H-pyrrole nitrogens is 1. The lowest BCUT2D eigenvalue weighted by molar-refractivity contribution is 0.176. The lowest BCUT2D eigenvalue weighted by Crippen LogP contribution is -2.48. The molecule has 2 aliphatic rings. The summed E-state index contributed by atoms with van der Waals surface area (Å²) >= 11 is 0. The van der Waals surface area contributed by atoms with Crippen LogP contribution in [-0.2, 0) is 6.54 Å². The van der Waals surface area contributed by atoms with Gasteiger partial charge in [-0.2, -0.15) is 5.10 Å². The Kier molecular flexibility index (Phi) is 6.06. The second-order valence-corrected chi connectivity index (χ2v) is 9.22. The fraction of sp³-hybridized carbons (Fsp3) is 0.346. The molecule has 1 saturated carbocycles. The number of nitrogens with zero attached hydrogens (tertiary/aromatic N) is 5. The van der Waals surface area contributed by atoms with Crippen molar-refractivity contribution >= 4 is 22.4 Å². The van der Waals surface area contributed by atoms with Gasteiger partial charge in [-0.3, -0.25) is 15.0 Å². The van der Waals surface area contributed by atoms with Crippen LogP contribution in [0.1, 0.15) is 31.0 Å². The van der Waals surface area contributed by atoms with Crippen LogP contribution < -0.4 is 10.5 Å². The standard InChI is InChI=1S/C26H31N7O/c1-3-29-24(33-14-12-32(13-15-33)18-19-6-10-28-11-7-19)17-22(27)25-21-16-20(34-26(2)8-9-26)4-5-23(21)30-31-25/h3-7,10-11,16-17H,1,8-9,12-15,18,27H2,2H3,(H,30,31)/b22-17-,29-24?. The Bertz CT molecular complexity index is 1220. The summed E-state index contributed by atoms with van der Waals surface area (Å²) in [5, 5.41) is 8.50. The van der Waals surface area contributed by atoms with E-state index in [1.165, 1.54) is 5.56 Å². The normalized spacial score (nSPS) is 18.8. The zero-order valence-corrected chi connectivity index (χ0v) is 19.6. The molecule has 8 nitrogen and oxygen atoms in total. The number of ether oxygens (including phenoxy) is 1. The van der Waals surface area contributed by atoms with Crippen LogP contribution in [0.25, 0.3) is 16.6 Å². The second-order valence-electron chi connectivity index (χ2n) is 9.22. The third kappa shape index (κ3) is 4.97. The van der Waals surface area contributed by atoms with Crippen LogP contribution in [0.4, 0.5) is 0 Å². The summed E-state index contributed by atoms with van der Waals surface area (Å²) in [6, 6.07) is 10.1. The number of fused-ring (bicyclic) bond motifs is 1. The maximum Gasteiger partial charge on any atom is 0.130 e. The Morgan fingerprint density at radius 2 is 1.97 bits per heavy atom. The van der Waals surface area contributed by atoms with Gasteiger partial charge >= 0.3 is 0 Å². The van der Waals surface area contributed by atoms with Crippen molar-refractivity contribution in [1.29, 1.82) is 0 Å².